The van der Waals surface area contributed by atoms with Gasteiger partial charge < -0.3 is 19.1 Å². The maximum absolute atomic E-state index is 9.06. The van der Waals surface area contributed by atoms with E-state index in [0.717, 1.165) is 61.3 Å². The fourth-order valence-electron chi connectivity index (χ4n) is 8.60. The van der Waals surface area contributed by atoms with E-state index in [-0.39, 0.29) is 67.0 Å². The van der Waals surface area contributed by atoms with E-state index in [1.165, 1.54) is 5.56 Å². The quantitative estimate of drug-likeness (QED) is 0.149. The monoisotopic (exact) mass is 1050 g/mol. The Morgan fingerprint density at radius 3 is 1.98 bits per heavy atom. The average Bonchev–Trinajstić information content (AvgIpc) is 3.88. The summed E-state index contributed by atoms with van der Waals surface area (Å²) in [5, 5.41) is 2.10. The van der Waals surface area contributed by atoms with Gasteiger partial charge in [-0.2, -0.15) is 12.1 Å². The number of pyridine rings is 1. The topological polar surface area (TPSA) is 33.5 Å². The summed E-state index contributed by atoms with van der Waals surface area (Å²) in [4.78, 5) is 9.00. The number of hydrogen-bond acceptors (Lipinski definition) is 4. The molecular weight excluding hydrogens is 988 g/mol. The summed E-state index contributed by atoms with van der Waals surface area (Å²) < 4.78 is 52.6. The molecule has 2 aromatic heterocycles. The Morgan fingerprint density at radius 2 is 1.27 bits per heavy atom. The minimum absolute atomic E-state index is 0. The number of anilines is 4. The first kappa shape index (κ1) is 38.8. The Balaban J connectivity index is 0.00000624. The molecule has 0 amide bonds. The van der Waals surface area contributed by atoms with Crippen LogP contribution in [-0.2, 0) is 37.3 Å². The average molecular weight is 1050 g/mol. The molecule has 0 fully saturated rings. The molecule has 6 heteroatoms. The molecule has 5 nitrogen and oxygen atoms in total. The maximum atomic E-state index is 9.06. The smallest absolute Gasteiger partial charge is 0.135 e. The van der Waals surface area contributed by atoms with E-state index >= 15 is 0 Å². The molecule has 0 aliphatic carbocycles. The number of rotatable bonds is 7. The number of hydrogen-bond donors (Lipinski definition) is 0. The van der Waals surface area contributed by atoms with Crippen molar-refractivity contribution in [3.05, 3.63) is 199 Å². The summed E-state index contributed by atoms with van der Waals surface area (Å²) in [7, 11) is 0. The molecule has 0 unspecified atom stereocenters. The zero-order valence-electron chi connectivity index (χ0n) is 43.8. The van der Waals surface area contributed by atoms with Gasteiger partial charge in [0.2, 0.25) is 0 Å². The van der Waals surface area contributed by atoms with Gasteiger partial charge in [-0.3, -0.25) is 0 Å². The van der Waals surface area contributed by atoms with Gasteiger partial charge in [-0.15, -0.1) is 48.1 Å². The van der Waals surface area contributed by atoms with Crippen LogP contribution in [0.15, 0.2) is 164 Å². The second-order valence-electron chi connectivity index (χ2n) is 20.0. The molecule has 66 heavy (non-hydrogen) atoms. The van der Waals surface area contributed by atoms with Gasteiger partial charge in [0.15, 0.2) is 0 Å². The van der Waals surface area contributed by atoms with Crippen molar-refractivity contribution in [3.63, 3.8) is 0 Å². The minimum atomic E-state index is -0.433. The van der Waals surface area contributed by atoms with Gasteiger partial charge >= 0.3 is 0 Å². The van der Waals surface area contributed by atoms with Crippen LogP contribution in [0.5, 0.6) is 11.5 Å². The number of aromatic nitrogens is 2. The van der Waals surface area contributed by atoms with Gasteiger partial charge in [-0.25, -0.2) is 4.98 Å². The molecule has 0 radical (unpaired) electrons. The van der Waals surface area contributed by atoms with Gasteiger partial charge in [-0.05, 0) is 91.4 Å². The van der Waals surface area contributed by atoms with Crippen LogP contribution in [0.1, 0.15) is 85.9 Å². The van der Waals surface area contributed by atoms with Crippen LogP contribution in [0.2, 0.25) is 0 Å². The van der Waals surface area contributed by atoms with Crippen LogP contribution in [-0.4, -0.2) is 9.55 Å². The summed E-state index contributed by atoms with van der Waals surface area (Å²) in [5.41, 5.74) is 10.7. The van der Waals surface area contributed by atoms with Gasteiger partial charge in [0.1, 0.15) is 5.82 Å². The van der Waals surface area contributed by atoms with Crippen LogP contribution in [0.3, 0.4) is 0 Å². The summed E-state index contributed by atoms with van der Waals surface area (Å²) in [6.45, 7) is 21.8. The molecule has 0 atom stereocenters. The zero-order chi connectivity index (χ0) is 49.6. The van der Waals surface area contributed by atoms with Crippen molar-refractivity contribution in [2.24, 2.45) is 0 Å². The molecule has 9 aromatic rings. The predicted octanol–water partition coefficient (Wildman–Crippen LogP) is 16.2. The second kappa shape index (κ2) is 17.1. The summed E-state index contributed by atoms with van der Waals surface area (Å²) in [6.07, 6.45) is 1.87. The van der Waals surface area contributed by atoms with Crippen molar-refractivity contribution in [2.75, 3.05) is 9.80 Å². The van der Waals surface area contributed by atoms with Crippen molar-refractivity contribution in [2.45, 2.75) is 78.6 Å². The van der Waals surface area contributed by atoms with Crippen molar-refractivity contribution < 1.29 is 32.7 Å². The van der Waals surface area contributed by atoms with Crippen LogP contribution >= 0.6 is 0 Å². The van der Waals surface area contributed by atoms with Crippen molar-refractivity contribution in [3.8, 4) is 39.6 Å². The number of ether oxygens (including phenoxy) is 1. The standard InChI is InChI=1S/C60H55N4O.Pt/c1-58(2,3)43-30-31-61-56(36-43)64-53-29-26-42(40-18-12-10-13-19-40)32-52(53)51-28-27-49(38-55(51)64)65-48-23-16-22-46(37-48)62-39-63(47-34-44(59(4,5)6)33-45(35-47)60(7,8)9)57-50(24-17-25-54(57)62)41-20-14-11-15-21-41;/h10-36,39H,1-9H3;/q-3;/i11D,14D,15D,20D,21D;. The van der Waals surface area contributed by atoms with E-state index in [2.05, 4.69) is 163 Å². The Labute approximate surface area is 412 Å². The summed E-state index contributed by atoms with van der Waals surface area (Å²) >= 11 is 0. The summed E-state index contributed by atoms with van der Waals surface area (Å²) in [6, 6.07) is 48.7. The fraction of sp³-hybridized carbons (Fsp3) is 0.200. The summed E-state index contributed by atoms with van der Waals surface area (Å²) in [5.74, 6) is 1.76. The van der Waals surface area contributed by atoms with Crippen LogP contribution in [0, 0.1) is 18.8 Å². The third-order valence-electron chi connectivity index (χ3n) is 12.3. The van der Waals surface area contributed by atoms with Gasteiger partial charge in [0, 0.05) is 66.9 Å². The van der Waals surface area contributed by atoms with E-state index < -0.39 is 6.04 Å². The molecule has 3 heterocycles. The molecule has 7 aromatic carbocycles. The van der Waals surface area contributed by atoms with E-state index in [4.69, 9.17) is 16.6 Å². The normalized spacial score (nSPS) is 14.0. The minimum Gasteiger partial charge on any atom is -0.509 e. The van der Waals surface area contributed by atoms with Crippen LogP contribution in [0.25, 0.3) is 49.9 Å². The molecule has 0 spiro atoms. The number of fused-ring (bicyclic) bond motifs is 4. The van der Waals surface area contributed by atoms with Crippen LogP contribution < -0.4 is 14.5 Å². The molecule has 0 saturated heterocycles. The molecule has 10 rings (SSSR count). The van der Waals surface area contributed by atoms with Gasteiger partial charge in [0.25, 0.3) is 0 Å². The Hall–Kier alpha value is -6.42. The Kier molecular flexibility index (Phi) is 10.1. The molecular formula is C60H55N4OPt-3. The van der Waals surface area contributed by atoms with Crippen molar-refractivity contribution in [1.82, 2.24) is 9.55 Å². The third-order valence-corrected chi connectivity index (χ3v) is 12.3. The second-order valence-corrected chi connectivity index (χ2v) is 20.0. The van der Waals surface area contributed by atoms with E-state index in [0.29, 0.717) is 28.4 Å². The van der Waals surface area contributed by atoms with E-state index in [1.807, 2.05) is 66.3 Å². The first-order chi connectivity index (χ1) is 33.2. The van der Waals surface area contributed by atoms with E-state index in [9.17, 15) is 0 Å². The third kappa shape index (κ3) is 8.46. The maximum Gasteiger partial charge on any atom is 0.135 e. The van der Waals surface area contributed by atoms with Crippen molar-refractivity contribution in [1.29, 1.82) is 0 Å². The van der Waals surface area contributed by atoms with E-state index in [1.54, 1.807) is 0 Å². The molecule has 0 bridgehead atoms. The number of nitrogens with zero attached hydrogens (tertiary/aromatic N) is 4. The Morgan fingerprint density at radius 1 is 0.576 bits per heavy atom. The predicted molar refractivity (Wildman–Crippen MR) is 271 cm³/mol. The Bertz CT molecular complexity index is 3470. The molecule has 1 aliphatic heterocycles. The zero-order valence-corrected chi connectivity index (χ0v) is 41.1. The molecule has 0 saturated carbocycles. The molecule has 1 aliphatic rings. The number of para-hydroxylation sites is 1. The SMILES string of the molecule is [2H]c1c([2H])c([2H])c(-c2cccc3c2N(c2cc(C(C)(C)C)cc(C(C)(C)C)c2)[CH-]N3c2[c-]c(Oc3[c-]c4c(cc3)c3cc(-c5ccccc5)ccc3n4-c3cc(C(C)(C)C)ccn3)ccc2)c([2H])c1[2H].[Pt]. The van der Waals surface area contributed by atoms with Crippen molar-refractivity contribution >= 4 is 44.6 Å². The first-order valence-electron chi connectivity index (χ1n) is 24.7. The van der Waals surface area contributed by atoms with Gasteiger partial charge in [-0.1, -0.05) is 159 Å². The van der Waals surface area contributed by atoms with Crippen LogP contribution in [0.4, 0.5) is 22.7 Å². The largest absolute Gasteiger partial charge is 0.509 e. The first-order valence-corrected chi connectivity index (χ1v) is 22.2. The number of benzene rings is 7. The molecule has 0 N–H and O–H groups in total. The fourth-order valence-corrected chi connectivity index (χ4v) is 8.60. The van der Waals surface area contributed by atoms with Gasteiger partial charge in [0.05, 0.1) is 6.85 Å². The molecule has 334 valence electrons.